The summed E-state index contributed by atoms with van der Waals surface area (Å²) in [6.45, 7) is 5.00. The molecule has 0 aliphatic carbocycles. The number of amides is 1. The lowest BCUT2D eigenvalue weighted by molar-refractivity contribution is -0.117. The molecule has 0 saturated carbocycles. The number of rotatable bonds is 2. The largest absolute Gasteiger partial charge is 0.325 e. The van der Waals surface area contributed by atoms with E-state index in [4.69, 9.17) is 0 Å². The minimum Gasteiger partial charge on any atom is -0.325 e. The molecule has 1 fully saturated rings. The van der Waals surface area contributed by atoms with Gasteiger partial charge < -0.3 is 10.6 Å². The third kappa shape index (κ3) is 2.87. The van der Waals surface area contributed by atoms with Gasteiger partial charge in [0.2, 0.25) is 5.91 Å². The highest BCUT2D eigenvalue weighted by Crippen LogP contribution is 2.25. The molecule has 2 N–H and O–H groups in total. The second-order valence-corrected chi connectivity index (χ2v) is 5.36. The zero-order valence-electron chi connectivity index (χ0n) is 10.1. The minimum absolute atomic E-state index is 0.0285. The van der Waals surface area contributed by atoms with Gasteiger partial charge in [-0.1, -0.05) is 15.9 Å². The molecule has 1 atom stereocenters. The summed E-state index contributed by atoms with van der Waals surface area (Å²) in [6.07, 6.45) is 2.01. The number of benzene rings is 1. The maximum absolute atomic E-state index is 11.9. The van der Waals surface area contributed by atoms with Crippen LogP contribution in [0.25, 0.3) is 0 Å². The summed E-state index contributed by atoms with van der Waals surface area (Å²) in [6, 6.07) is 3.95. The lowest BCUT2D eigenvalue weighted by atomic mass is 10.1. The first-order valence-electron chi connectivity index (χ1n) is 5.89. The summed E-state index contributed by atoms with van der Waals surface area (Å²) >= 11 is 3.52. The summed E-state index contributed by atoms with van der Waals surface area (Å²) in [5.41, 5.74) is 3.15. The fourth-order valence-electron chi connectivity index (χ4n) is 2.16. The number of nitrogens with one attached hydrogen (secondary N) is 2. The Bertz CT molecular complexity index is 416. The van der Waals surface area contributed by atoms with Crippen LogP contribution in [0.2, 0.25) is 0 Å². The Balaban J connectivity index is 2.10. The predicted octanol–water partition coefficient (Wildman–Crippen LogP) is 2.76. The van der Waals surface area contributed by atoms with Gasteiger partial charge in [-0.25, -0.2) is 0 Å². The second kappa shape index (κ2) is 5.19. The monoisotopic (exact) mass is 296 g/mol. The molecule has 1 saturated heterocycles. The van der Waals surface area contributed by atoms with Gasteiger partial charge in [-0.3, -0.25) is 4.79 Å². The standard InChI is InChI=1S/C13H17BrN2O/c1-8-6-10(7-9(2)12(8)14)16-13(17)11-4-3-5-15-11/h6-7,11,15H,3-5H2,1-2H3,(H,16,17). The Hall–Kier alpha value is -0.870. The van der Waals surface area contributed by atoms with Crippen LogP contribution < -0.4 is 10.6 Å². The molecule has 2 rings (SSSR count). The summed E-state index contributed by atoms with van der Waals surface area (Å²) in [5.74, 6) is 0.0728. The highest BCUT2D eigenvalue weighted by atomic mass is 79.9. The van der Waals surface area contributed by atoms with Crippen molar-refractivity contribution in [1.82, 2.24) is 5.32 Å². The number of halogens is 1. The SMILES string of the molecule is Cc1cc(NC(=O)C2CCCN2)cc(C)c1Br. The van der Waals surface area contributed by atoms with Gasteiger partial charge in [0.15, 0.2) is 0 Å². The number of aryl methyl sites for hydroxylation is 2. The van der Waals surface area contributed by atoms with Gasteiger partial charge >= 0.3 is 0 Å². The molecule has 1 aromatic carbocycles. The molecule has 0 aromatic heterocycles. The van der Waals surface area contributed by atoms with Crippen molar-refractivity contribution in [2.75, 3.05) is 11.9 Å². The molecule has 3 nitrogen and oxygen atoms in total. The van der Waals surface area contributed by atoms with Crippen molar-refractivity contribution < 1.29 is 4.79 Å². The van der Waals surface area contributed by atoms with Crippen molar-refractivity contribution in [3.8, 4) is 0 Å². The molecule has 0 spiro atoms. The molecule has 1 aliphatic rings. The molecule has 1 aromatic rings. The van der Waals surface area contributed by atoms with Crippen molar-refractivity contribution >= 4 is 27.5 Å². The molecule has 1 unspecified atom stereocenters. The molecule has 92 valence electrons. The van der Waals surface area contributed by atoms with Crippen LogP contribution in [0.5, 0.6) is 0 Å². The average molecular weight is 297 g/mol. The predicted molar refractivity (Wildman–Crippen MR) is 73.3 cm³/mol. The number of hydrogen-bond donors (Lipinski definition) is 2. The van der Waals surface area contributed by atoms with Gasteiger partial charge in [-0.2, -0.15) is 0 Å². The Kier molecular flexibility index (Phi) is 3.84. The average Bonchev–Trinajstić information content (AvgIpc) is 2.79. The number of anilines is 1. The molecule has 1 amide bonds. The minimum atomic E-state index is -0.0285. The van der Waals surface area contributed by atoms with E-state index in [-0.39, 0.29) is 11.9 Å². The van der Waals surface area contributed by atoms with E-state index in [1.807, 2.05) is 26.0 Å². The van der Waals surface area contributed by atoms with Crippen molar-refractivity contribution in [3.05, 3.63) is 27.7 Å². The Morgan fingerprint density at radius 1 is 1.41 bits per heavy atom. The second-order valence-electron chi connectivity index (χ2n) is 4.56. The van der Waals surface area contributed by atoms with E-state index < -0.39 is 0 Å². The first kappa shape index (κ1) is 12.6. The van der Waals surface area contributed by atoms with Gasteiger partial charge in [0, 0.05) is 10.2 Å². The lowest BCUT2D eigenvalue weighted by Crippen LogP contribution is -2.35. The summed E-state index contributed by atoms with van der Waals surface area (Å²) in [4.78, 5) is 11.9. The third-order valence-corrected chi connectivity index (χ3v) is 4.33. The third-order valence-electron chi connectivity index (χ3n) is 3.08. The van der Waals surface area contributed by atoms with E-state index in [9.17, 15) is 4.79 Å². The zero-order valence-corrected chi connectivity index (χ0v) is 11.7. The van der Waals surface area contributed by atoms with E-state index in [2.05, 4.69) is 26.6 Å². The van der Waals surface area contributed by atoms with E-state index in [0.717, 1.165) is 40.7 Å². The number of hydrogen-bond acceptors (Lipinski definition) is 2. The molecular weight excluding hydrogens is 280 g/mol. The van der Waals surface area contributed by atoms with E-state index >= 15 is 0 Å². The maximum atomic E-state index is 11.9. The van der Waals surface area contributed by atoms with Crippen LogP contribution in [0.4, 0.5) is 5.69 Å². The van der Waals surface area contributed by atoms with Crippen LogP contribution in [-0.2, 0) is 4.79 Å². The number of carbonyl (C=O) groups is 1. The quantitative estimate of drug-likeness (QED) is 0.881. The molecule has 4 heteroatoms. The van der Waals surface area contributed by atoms with Gasteiger partial charge in [0.25, 0.3) is 0 Å². The zero-order chi connectivity index (χ0) is 12.4. The molecule has 0 bridgehead atoms. The highest BCUT2D eigenvalue weighted by Gasteiger charge is 2.21. The van der Waals surface area contributed by atoms with Crippen LogP contribution in [0.1, 0.15) is 24.0 Å². The first-order chi connectivity index (χ1) is 8.08. The Morgan fingerprint density at radius 3 is 2.59 bits per heavy atom. The highest BCUT2D eigenvalue weighted by molar-refractivity contribution is 9.10. The van der Waals surface area contributed by atoms with E-state index in [1.54, 1.807) is 0 Å². The van der Waals surface area contributed by atoms with Crippen molar-refractivity contribution in [1.29, 1.82) is 0 Å². The summed E-state index contributed by atoms with van der Waals surface area (Å²) < 4.78 is 1.11. The van der Waals surface area contributed by atoms with Gasteiger partial charge in [0.05, 0.1) is 6.04 Å². The normalized spacial score (nSPS) is 19.4. The Labute approximate surface area is 110 Å². The fraction of sp³-hybridized carbons (Fsp3) is 0.462. The van der Waals surface area contributed by atoms with E-state index in [1.165, 1.54) is 0 Å². The Morgan fingerprint density at radius 2 is 2.06 bits per heavy atom. The summed E-state index contributed by atoms with van der Waals surface area (Å²) in [5, 5.41) is 6.17. The first-order valence-corrected chi connectivity index (χ1v) is 6.68. The molecule has 0 radical (unpaired) electrons. The fourth-order valence-corrected chi connectivity index (χ4v) is 2.38. The van der Waals surface area contributed by atoms with Gasteiger partial charge in [-0.05, 0) is 56.5 Å². The van der Waals surface area contributed by atoms with Crippen LogP contribution in [-0.4, -0.2) is 18.5 Å². The van der Waals surface area contributed by atoms with E-state index in [0.29, 0.717) is 0 Å². The van der Waals surface area contributed by atoms with Gasteiger partial charge in [-0.15, -0.1) is 0 Å². The molecule has 17 heavy (non-hydrogen) atoms. The molecular formula is C13H17BrN2O. The van der Waals surface area contributed by atoms with Crippen LogP contribution in [0.3, 0.4) is 0 Å². The smallest absolute Gasteiger partial charge is 0.241 e. The summed E-state index contributed by atoms with van der Waals surface area (Å²) in [7, 11) is 0. The maximum Gasteiger partial charge on any atom is 0.241 e. The van der Waals surface area contributed by atoms with Crippen LogP contribution >= 0.6 is 15.9 Å². The molecule has 1 heterocycles. The van der Waals surface area contributed by atoms with Crippen molar-refractivity contribution in [2.24, 2.45) is 0 Å². The van der Waals surface area contributed by atoms with Crippen LogP contribution in [0.15, 0.2) is 16.6 Å². The topological polar surface area (TPSA) is 41.1 Å². The molecule has 1 aliphatic heterocycles. The van der Waals surface area contributed by atoms with Gasteiger partial charge in [0.1, 0.15) is 0 Å². The number of carbonyl (C=O) groups excluding carboxylic acids is 1. The van der Waals surface area contributed by atoms with Crippen molar-refractivity contribution in [2.45, 2.75) is 32.7 Å². The van der Waals surface area contributed by atoms with Crippen LogP contribution in [0, 0.1) is 13.8 Å². The van der Waals surface area contributed by atoms with Crippen molar-refractivity contribution in [3.63, 3.8) is 0 Å². The lowest BCUT2D eigenvalue weighted by Gasteiger charge is -2.13.